The Morgan fingerprint density at radius 1 is 1.07 bits per heavy atom. The summed E-state index contributed by atoms with van der Waals surface area (Å²) in [5.74, 6) is 0.623. The Hall–Kier alpha value is -1.18. The molecule has 7 nitrogen and oxygen atoms in total. The van der Waals surface area contributed by atoms with Crippen LogP contribution in [0.2, 0.25) is 0 Å². The van der Waals surface area contributed by atoms with Gasteiger partial charge in [-0.1, -0.05) is 0 Å². The van der Waals surface area contributed by atoms with Gasteiger partial charge in [0.2, 0.25) is 11.6 Å². The third-order valence-corrected chi connectivity index (χ3v) is 7.78. The lowest BCUT2D eigenvalue weighted by molar-refractivity contribution is -0.370. The van der Waals surface area contributed by atoms with Crippen LogP contribution in [0.25, 0.3) is 0 Å². The van der Waals surface area contributed by atoms with E-state index in [2.05, 4.69) is 5.32 Å². The number of ether oxygens (including phenoxy) is 2. The molecule has 5 saturated carbocycles. The molecule has 4 bridgehead atoms. The van der Waals surface area contributed by atoms with Gasteiger partial charge in [0, 0.05) is 37.6 Å². The summed E-state index contributed by atoms with van der Waals surface area (Å²) in [6.07, 6.45) is 7.86. The van der Waals surface area contributed by atoms with Crippen molar-refractivity contribution in [2.24, 2.45) is 23.7 Å². The number of carbonyl (C=O) groups is 2. The molecule has 5 unspecified atom stereocenters. The van der Waals surface area contributed by atoms with Gasteiger partial charge in [0.25, 0.3) is 5.91 Å². The summed E-state index contributed by atoms with van der Waals surface area (Å²) in [7, 11) is 0. The molecule has 1 N–H and O–H groups in total. The third kappa shape index (κ3) is 2.81. The maximum atomic E-state index is 12.5. The van der Waals surface area contributed by atoms with Gasteiger partial charge in [-0.05, 0) is 64.2 Å². The average Bonchev–Trinajstić information content (AvgIpc) is 3.19. The van der Waals surface area contributed by atoms with Crippen molar-refractivity contribution < 1.29 is 28.8 Å². The summed E-state index contributed by atoms with van der Waals surface area (Å²) >= 11 is 0. The lowest BCUT2D eigenvalue weighted by atomic mass is 9.78. The van der Waals surface area contributed by atoms with Crippen molar-refractivity contribution in [2.45, 2.75) is 95.4 Å². The number of rotatable bonds is 3. The fourth-order valence-electron chi connectivity index (χ4n) is 6.59. The summed E-state index contributed by atoms with van der Waals surface area (Å²) in [5.41, 5.74) is -1.17. The van der Waals surface area contributed by atoms with Crippen molar-refractivity contribution in [2.75, 3.05) is 0 Å². The minimum Gasteiger partial charge on any atom is -0.450 e. The topological polar surface area (TPSA) is 83.1 Å². The Morgan fingerprint density at radius 3 is 2.50 bits per heavy atom. The van der Waals surface area contributed by atoms with Crippen LogP contribution in [0.15, 0.2) is 0 Å². The third-order valence-electron chi connectivity index (χ3n) is 7.78. The molecule has 1 saturated heterocycles. The maximum Gasteiger partial charge on any atom is 0.303 e. The van der Waals surface area contributed by atoms with Crippen LogP contribution in [0.1, 0.15) is 72.1 Å². The van der Waals surface area contributed by atoms with Crippen LogP contribution in [0.4, 0.5) is 0 Å². The number of hydrogen-bond donors (Lipinski definition) is 1. The number of nitrogens with one attached hydrogen (secondary N) is 1. The monoisotopic (exact) mass is 393 g/mol. The Labute approximate surface area is 165 Å². The molecule has 0 aromatic rings. The van der Waals surface area contributed by atoms with Gasteiger partial charge >= 0.3 is 5.97 Å². The number of amides is 1. The minimum absolute atomic E-state index is 0.0209. The second-order valence-electron chi connectivity index (χ2n) is 10.1. The molecule has 1 aliphatic heterocycles. The van der Waals surface area contributed by atoms with Gasteiger partial charge in [-0.15, -0.1) is 0 Å². The highest BCUT2D eigenvalue weighted by Gasteiger charge is 2.70. The van der Waals surface area contributed by atoms with E-state index in [4.69, 9.17) is 19.2 Å². The van der Waals surface area contributed by atoms with Crippen LogP contribution in [-0.4, -0.2) is 35.1 Å². The first-order valence-corrected chi connectivity index (χ1v) is 10.8. The SMILES string of the molecule is CC(=O)OC(C)(C)C(=O)NC1CCC2(CC1)OOC1(O2)C2CC3CC(C2)C1C3. The molecule has 6 aliphatic rings. The molecule has 6 fully saturated rings. The second kappa shape index (κ2) is 6.16. The Kier molecular flexibility index (Phi) is 4.14. The molecular formula is C21H31NO6. The smallest absolute Gasteiger partial charge is 0.303 e. The number of carbonyl (C=O) groups excluding carboxylic acids is 2. The van der Waals surface area contributed by atoms with Gasteiger partial charge in [-0.25, -0.2) is 0 Å². The molecular weight excluding hydrogens is 362 g/mol. The Bertz CT molecular complexity index is 680. The molecule has 2 spiro atoms. The van der Waals surface area contributed by atoms with Crippen molar-refractivity contribution in [1.29, 1.82) is 0 Å². The van der Waals surface area contributed by atoms with E-state index < -0.39 is 23.1 Å². The predicted octanol–water partition coefficient (Wildman–Crippen LogP) is 2.82. The summed E-state index contributed by atoms with van der Waals surface area (Å²) in [6.45, 7) is 4.53. The van der Waals surface area contributed by atoms with Gasteiger partial charge in [0.05, 0.1) is 0 Å². The molecule has 28 heavy (non-hydrogen) atoms. The van der Waals surface area contributed by atoms with Crippen molar-refractivity contribution >= 4 is 11.9 Å². The molecule has 0 aromatic heterocycles. The molecule has 5 atom stereocenters. The van der Waals surface area contributed by atoms with Gasteiger partial charge in [-0.2, -0.15) is 9.78 Å². The van der Waals surface area contributed by atoms with Gasteiger partial charge in [-0.3, -0.25) is 9.59 Å². The first-order chi connectivity index (χ1) is 13.2. The Balaban J connectivity index is 1.19. The van der Waals surface area contributed by atoms with Crippen LogP contribution in [0.5, 0.6) is 0 Å². The van der Waals surface area contributed by atoms with Crippen LogP contribution in [-0.2, 0) is 28.8 Å². The van der Waals surface area contributed by atoms with Crippen LogP contribution < -0.4 is 5.32 Å². The fourth-order valence-corrected chi connectivity index (χ4v) is 6.59. The quantitative estimate of drug-likeness (QED) is 0.586. The van der Waals surface area contributed by atoms with Crippen LogP contribution in [0.3, 0.4) is 0 Å². The van der Waals surface area contributed by atoms with E-state index in [-0.39, 0.29) is 11.9 Å². The minimum atomic E-state index is -1.17. The van der Waals surface area contributed by atoms with Crippen LogP contribution in [0, 0.1) is 23.7 Å². The zero-order valence-corrected chi connectivity index (χ0v) is 17.0. The number of hydrogen-bond acceptors (Lipinski definition) is 6. The molecule has 1 heterocycles. The molecule has 0 radical (unpaired) electrons. The summed E-state index contributed by atoms with van der Waals surface area (Å²) in [6, 6.07) is 0.0209. The highest BCUT2D eigenvalue weighted by molar-refractivity contribution is 5.86. The fraction of sp³-hybridized carbons (Fsp3) is 0.905. The second-order valence-corrected chi connectivity index (χ2v) is 10.1. The molecule has 7 heteroatoms. The zero-order chi connectivity index (χ0) is 19.7. The average molecular weight is 393 g/mol. The molecule has 6 rings (SSSR count). The van der Waals surface area contributed by atoms with Gasteiger partial charge in [0.15, 0.2) is 5.60 Å². The lowest BCUT2D eigenvalue weighted by Gasteiger charge is -2.40. The molecule has 156 valence electrons. The van der Waals surface area contributed by atoms with Crippen molar-refractivity contribution in [1.82, 2.24) is 5.32 Å². The maximum absolute atomic E-state index is 12.5. The van der Waals surface area contributed by atoms with E-state index >= 15 is 0 Å². The van der Waals surface area contributed by atoms with E-state index in [0.29, 0.717) is 24.7 Å². The first-order valence-electron chi connectivity index (χ1n) is 10.8. The van der Waals surface area contributed by atoms with E-state index in [1.54, 1.807) is 13.8 Å². The lowest BCUT2D eigenvalue weighted by Crippen LogP contribution is -2.52. The van der Waals surface area contributed by atoms with Crippen molar-refractivity contribution in [3.63, 3.8) is 0 Å². The van der Waals surface area contributed by atoms with Gasteiger partial charge in [0.1, 0.15) is 0 Å². The van der Waals surface area contributed by atoms with Crippen molar-refractivity contribution in [3.05, 3.63) is 0 Å². The summed E-state index contributed by atoms with van der Waals surface area (Å²) in [5, 5.41) is 3.02. The van der Waals surface area contributed by atoms with E-state index in [9.17, 15) is 9.59 Å². The highest BCUT2D eigenvalue weighted by Crippen LogP contribution is 2.67. The number of esters is 1. The Morgan fingerprint density at radius 2 is 1.82 bits per heavy atom. The molecule has 0 aromatic carbocycles. The van der Waals surface area contributed by atoms with E-state index in [1.807, 2.05) is 0 Å². The van der Waals surface area contributed by atoms with E-state index in [0.717, 1.165) is 24.7 Å². The summed E-state index contributed by atoms with van der Waals surface area (Å²) in [4.78, 5) is 35.6. The highest BCUT2D eigenvalue weighted by atomic mass is 17.3. The largest absolute Gasteiger partial charge is 0.450 e. The van der Waals surface area contributed by atoms with Crippen LogP contribution >= 0.6 is 0 Å². The predicted molar refractivity (Wildman–Crippen MR) is 97.4 cm³/mol. The van der Waals surface area contributed by atoms with Crippen molar-refractivity contribution in [3.8, 4) is 0 Å². The van der Waals surface area contributed by atoms with E-state index in [1.165, 1.54) is 32.6 Å². The molecule has 1 amide bonds. The van der Waals surface area contributed by atoms with Gasteiger partial charge < -0.3 is 14.8 Å². The normalized spacial score (nSPS) is 46.5. The standard InChI is InChI=1S/C21H31NO6/c1-12(23)25-19(2,3)18(24)22-16-4-6-20(7-5-16)26-21(28-27-20)15-9-13-8-14(11-15)17(21)10-13/h13-17H,4-11H2,1-3H3,(H,22,24). The first kappa shape index (κ1) is 18.8. The summed E-state index contributed by atoms with van der Waals surface area (Å²) < 4.78 is 11.8. The molecule has 5 aliphatic carbocycles. The zero-order valence-electron chi connectivity index (χ0n) is 17.0.